The van der Waals surface area contributed by atoms with Gasteiger partial charge in [0.1, 0.15) is 11.6 Å². The maximum Gasteiger partial charge on any atom is 0.237 e. The highest BCUT2D eigenvalue weighted by molar-refractivity contribution is 7.89. The van der Waals surface area contributed by atoms with Crippen molar-refractivity contribution < 1.29 is 27.4 Å². The molecule has 2 atom stereocenters. The number of carbonyl (C=O) groups is 1. The standard InChI is InChI=1S/C20H30FN3O5S/c1-14(17-8-7-16(21)11-18(17)29-13-15-5-6-15)23-30(27,28)10-4-2-3-9-24-12-19(25)22-20(24)26/h7-8,11,14-15,20,23,26H,2-6,9-10,12-13H2,1H3,(H,22,25)/t14-,20?/m1/s1. The van der Waals surface area contributed by atoms with Gasteiger partial charge in [0.05, 0.1) is 18.9 Å². The number of hydrogen-bond donors (Lipinski definition) is 3. The molecule has 8 nitrogen and oxygen atoms in total. The minimum atomic E-state index is -3.52. The zero-order valence-corrected chi connectivity index (χ0v) is 18.0. The first-order chi connectivity index (χ1) is 14.2. The van der Waals surface area contributed by atoms with Crippen molar-refractivity contribution in [3.05, 3.63) is 29.6 Å². The van der Waals surface area contributed by atoms with Crippen molar-refractivity contribution in [3.8, 4) is 5.75 Å². The third kappa shape index (κ3) is 6.90. The second kappa shape index (κ2) is 10.0. The summed E-state index contributed by atoms with van der Waals surface area (Å²) in [5.74, 6) is 0.216. The third-order valence-electron chi connectivity index (χ3n) is 5.31. The number of aliphatic hydroxyl groups is 1. The molecule has 1 aliphatic heterocycles. The molecule has 1 saturated carbocycles. The summed E-state index contributed by atoms with van der Waals surface area (Å²) in [5, 5.41) is 12.0. The van der Waals surface area contributed by atoms with Crippen LogP contribution in [0.1, 0.15) is 50.6 Å². The summed E-state index contributed by atoms with van der Waals surface area (Å²) < 4.78 is 46.9. The van der Waals surface area contributed by atoms with Gasteiger partial charge in [-0.3, -0.25) is 9.69 Å². The van der Waals surface area contributed by atoms with Gasteiger partial charge in [0.2, 0.25) is 15.9 Å². The maximum absolute atomic E-state index is 13.6. The average Bonchev–Trinajstić information content (AvgIpc) is 3.43. The molecule has 1 amide bonds. The summed E-state index contributed by atoms with van der Waals surface area (Å²) in [6.45, 7) is 2.90. The van der Waals surface area contributed by atoms with Crippen molar-refractivity contribution in [1.29, 1.82) is 0 Å². The fourth-order valence-electron chi connectivity index (χ4n) is 3.41. The lowest BCUT2D eigenvalue weighted by atomic mass is 10.1. The van der Waals surface area contributed by atoms with Gasteiger partial charge in [-0.15, -0.1) is 0 Å². The van der Waals surface area contributed by atoms with Crippen molar-refractivity contribution in [1.82, 2.24) is 14.9 Å². The number of nitrogens with zero attached hydrogens (tertiary/aromatic N) is 1. The zero-order chi connectivity index (χ0) is 21.7. The third-order valence-corrected chi connectivity index (χ3v) is 6.85. The number of ether oxygens (including phenoxy) is 1. The largest absolute Gasteiger partial charge is 0.493 e. The van der Waals surface area contributed by atoms with Gasteiger partial charge in [0.15, 0.2) is 6.35 Å². The molecule has 1 unspecified atom stereocenters. The lowest BCUT2D eigenvalue weighted by Crippen LogP contribution is -2.36. The molecular formula is C20H30FN3O5S. The van der Waals surface area contributed by atoms with E-state index in [1.165, 1.54) is 12.1 Å². The molecule has 30 heavy (non-hydrogen) atoms. The van der Waals surface area contributed by atoms with E-state index < -0.39 is 28.2 Å². The SMILES string of the molecule is C[C@@H](NS(=O)(=O)CCCCCN1CC(=O)NC1O)c1ccc(F)cc1OCC1CC1. The Hall–Kier alpha value is -1.75. The fraction of sp³-hybridized carbons (Fsp3) is 0.650. The monoisotopic (exact) mass is 443 g/mol. The number of rotatable bonds is 12. The van der Waals surface area contributed by atoms with Crippen molar-refractivity contribution in [2.45, 2.75) is 51.4 Å². The van der Waals surface area contributed by atoms with Gasteiger partial charge in [0, 0.05) is 24.2 Å². The average molecular weight is 444 g/mol. The Kier molecular flexibility index (Phi) is 7.67. The number of halogens is 1. The van der Waals surface area contributed by atoms with Crippen molar-refractivity contribution in [2.24, 2.45) is 5.92 Å². The first kappa shape index (κ1) is 22.9. The Morgan fingerprint density at radius 3 is 2.77 bits per heavy atom. The van der Waals surface area contributed by atoms with Crippen LogP contribution in [-0.2, 0) is 14.8 Å². The summed E-state index contributed by atoms with van der Waals surface area (Å²) in [4.78, 5) is 12.8. The van der Waals surface area contributed by atoms with Gasteiger partial charge in [-0.05, 0) is 44.6 Å². The lowest BCUT2D eigenvalue weighted by Gasteiger charge is -2.19. The van der Waals surface area contributed by atoms with Crippen molar-refractivity contribution >= 4 is 15.9 Å². The molecular weight excluding hydrogens is 413 g/mol. The summed E-state index contributed by atoms with van der Waals surface area (Å²) >= 11 is 0. The molecule has 0 bridgehead atoms. The van der Waals surface area contributed by atoms with E-state index in [-0.39, 0.29) is 18.2 Å². The highest BCUT2D eigenvalue weighted by atomic mass is 32.2. The van der Waals surface area contributed by atoms with Gasteiger partial charge in [0.25, 0.3) is 0 Å². The van der Waals surface area contributed by atoms with Gasteiger partial charge in [-0.1, -0.05) is 12.5 Å². The second-order valence-corrected chi connectivity index (χ2v) is 9.94. The Bertz CT molecular complexity index is 847. The molecule has 0 aromatic heterocycles. The van der Waals surface area contributed by atoms with E-state index in [1.807, 2.05) is 0 Å². The van der Waals surface area contributed by atoms with Crippen molar-refractivity contribution in [2.75, 3.05) is 25.4 Å². The number of unbranched alkanes of at least 4 members (excludes halogenated alkanes) is 2. The molecule has 0 spiro atoms. The quantitative estimate of drug-likeness (QED) is 0.422. The molecule has 2 fully saturated rings. The van der Waals surface area contributed by atoms with E-state index in [1.54, 1.807) is 17.9 Å². The van der Waals surface area contributed by atoms with Crippen LogP contribution in [0.5, 0.6) is 5.75 Å². The number of sulfonamides is 1. The topological polar surface area (TPSA) is 108 Å². The molecule has 1 aliphatic carbocycles. The van der Waals surface area contributed by atoms with E-state index in [0.29, 0.717) is 49.6 Å². The van der Waals surface area contributed by atoms with Crippen LogP contribution >= 0.6 is 0 Å². The minimum absolute atomic E-state index is 0.0312. The molecule has 1 saturated heterocycles. The molecule has 10 heteroatoms. The number of carbonyl (C=O) groups excluding carboxylic acids is 1. The Morgan fingerprint density at radius 1 is 1.33 bits per heavy atom. The summed E-state index contributed by atoms with van der Waals surface area (Å²) in [6, 6.07) is 3.62. The molecule has 3 N–H and O–H groups in total. The Balaban J connectivity index is 1.44. The summed E-state index contributed by atoms with van der Waals surface area (Å²) in [7, 11) is -3.52. The van der Waals surface area contributed by atoms with E-state index in [0.717, 1.165) is 12.8 Å². The molecule has 1 aromatic carbocycles. The van der Waals surface area contributed by atoms with Crippen LogP contribution in [-0.4, -0.2) is 56.1 Å². The smallest absolute Gasteiger partial charge is 0.237 e. The zero-order valence-electron chi connectivity index (χ0n) is 17.1. The van der Waals surface area contributed by atoms with E-state index >= 15 is 0 Å². The molecule has 1 aromatic rings. The molecule has 3 rings (SSSR count). The molecule has 168 valence electrons. The van der Waals surface area contributed by atoms with Crippen LogP contribution in [0.25, 0.3) is 0 Å². The van der Waals surface area contributed by atoms with Crippen LogP contribution in [0.15, 0.2) is 18.2 Å². The highest BCUT2D eigenvalue weighted by Gasteiger charge is 2.27. The first-order valence-electron chi connectivity index (χ1n) is 10.4. The van der Waals surface area contributed by atoms with Crippen LogP contribution < -0.4 is 14.8 Å². The van der Waals surface area contributed by atoms with Crippen LogP contribution in [0, 0.1) is 11.7 Å². The fourth-order valence-corrected chi connectivity index (χ4v) is 4.78. The van der Waals surface area contributed by atoms with E-state index in [4.69, 9.17) is 4.74 Å². The van der Waals surface area contributed by atoms with Gasteiger partial charge in [-0.2, -0.15) is 0 Å². The van der Waals surface area contributed by atoms with Crippen LogP contribution in [0.2, 0.25) is 0 Å². The number of nitrogens with one attached hydrogen (secondary N) is 2. The van der Waals surface area contributed by atoms with Crippen LogP contribution in [0.4, 0.5) is 4.39 Å². The summed E-state index contributed by atoms with van der Waals surface area (Å²) in [5.41, 5.74) is 0.612. The van der Waals surface area contributed by atoms with E-state index in [9.17, 15) is 22.7 Å². The highest BCUT2D eigenvalue weighted by Crippen LogP contribution is 2.32. The normalized spacial score (nSPS) is 20.9. The predicted octanol–water partition coefficient (Wildman–Crippen LogP) is 1.47. The Labute approximate surface area is 176 Å². The first-order valence-corrected chi connectivity index (χ1v) is 12.0. The predicted molar refractivity (Wildman–Crippen MR) is 110 cm³/mol. The molecule has 0 radical (unpaired) electrons. The molecule has 2 aliphatic rings. The maximum atomic E-state index is 13.6. The van der Waals surface area contributed by atoms with Gasteiger partial charge in [-0.25, -0.2) is 17.5 Å². The van der Waals surface area contributed by atoms with Crippen LogP contribution in [0.3, 0.4) is 0 Å². The number of hydrogen-bond acceptors (Lipinski definition) is 6. The molecule has 1 heterocycles. The number of amides is 1. The lowest BCUT2D eigenvalue weighted by molar-refractivity contribution is -0.119. The minimum Gasteiger partial charge on any atom is -0.493 e. The van der Waals surface area contributed by atoms with E-state index in [2.05, 4.69) is 10.0 Å². The van der Waals surface area contributed by atoms with Crippen molar-refractivity contribution in [3.63, 3.8) is 0 Å². The Morgan fingerprint density at radius 2 is 2.10 bits per heavy atom. The summed E-state index contributed by atoms with van der Waals surface area (Å²) in [6.07, 6.45) is 3.04. The van der Waals surface area contributed by atoms with Gasteiger partial charge >= 0.3 is 0 Å². The number of aliphatic hydroxyl groups excluding tert-OH is 1. The number of benzene rings is 1. The second-order valence-electron chi connectivity index (χ2n) is 8.07. The van der Waals surface area contributed by atoms with Gasteiger partial charge < -0.3 is 15.2 Å².